The van der Waals surface area contributed by atoms with Gasteiger partial charge in [0.05, 0.1) is 6.61 Å². The Morgan fingerprint density at radius 2 is 1.79 bits per heavy atom. The smallest absolute Gasteiger partial charge is 0.121 e. The number of para-hydroxylation sites is 1. The van der Waals surface area contributed by atoms with Gasteiger partial charge in [0.15, 0.2) is 0 Å². The molecule has 0 saturated heterocycles. The molecule has 0 bridgehead atoms. The maximum absolute atomic E-state index is 9.85. The number of hydrogen-bond donors (Lipinski definition) is 1. The lowest BCUT2D eigenvalue weighted by Crippen LogP contribution is -1.95. The molecule has 19 heavy (non-hydrogen) atoms. The molecular weight excluding hydrogens is 236 g/mol. The SMILES string of the molecule is Cc1ccc(C2=C[C@H](c3ccccc3O)OC2)cc1. The molecule has 0 fully saturated rings. The number of phenolic OH excluding ortho intramolecular Hbond substituents is 1. The number of hydrogen-bond acceptors (Lipinski definition) is 2. The quantitative estimate of drug-likeness (QED) is 0.879. The number of aromatic hydroxyl groups is 1. The normalized spacial score (nSPS) is 18.4. The average Bonchev–Trinajstić information content (AvgIpc) is 2.89. The van der Waals surface area contributed by atoms with Gasteiger partial charge in [0.1, 0.15) is 11.9 Å². The lowest BCUT2D eigenvalue weighted by molar-refractivity contribution is 0.129. The van der Waals surface area contributed by atoms with Crippen molar-refractivity contribution in [2.45, 2.75) is 13.0 Å². The fourth-order valence-electron chi connectivity index (χ4n) is 2.31. The van der Waals surface area contributed by atoms with Gasteiger partial charge in [0, 0.05) is 5.56 Å². The van der Waals surface area contributed by atoms with Crippen molar-refractivity contribution in [2.24, 2.45) is 0 Å². The Balaban J connectivity index is 1.89. The van der Waals surface area contributed by atoms with Gasteiger partial charge in [0.25, 0.3) is 0 Å². The summed E-state index contributed by atoms with van der Waals surface area (Å²) >= 11 is 0. The molecule has 1 heterocycles. The van der Waals surface area contributed by atoms with E-state index in [2.05, 4.69) is 37.3 Å². The first-order valence-electron chi connectivity index (χ1n) is 6.41. The second-order valence-corrected chi connectivity index (χ2v) is 4.85. The molecule has 2 aromatic carbocycles. The van der Waals surface area contributed by atoms with Crippen LogP contribution in [0, 0.1) is 6.92 Å². The molecule has 1 N–H and O–H groups in total. The summed E-state index contributed by atoms with van der Waals surface area (Å²) in [5.74, 6) is 0.286. The molecule has 0 aliphatic carbocycles. The molecular formula is C17H16O2. The van der Waals surface area contributed by atoms with Crippen LogP contribution in [0.15, 0.2) is 54.6 Å². The summed E-state index contributed by atoms with van der Waals surface area (Å²) in [5, 5.41) is 9.85. The fourth-order valence-corrected chi connectivity index (χ4v) is 2.31. The van der Waals surface area contributed by atoms with Crippen LogP contribution in [-0.2, 0) is 4.74 Å². The van der Waals surface area contributed by atoms with Gasteiger partial charge in [-0.1, -0.05) is 48.0 Å². The van der Waals surface area contributed by atoms with Gasteiger partial charge in [-0.25, -0.2) is 0 Å². The standard InChI is InChI=1S/C17H16O2/c1-12-6-8-13(9-7-12)14-10-17(19-11-14)15-4-2-3-5-16(15)18/h2-10,17-18H,11H2,1H3/t17-/m1/s1. The minimum Gasteiger partial charge on any atom is -0.508 e. The highest BCUT2D eigenvalue weighted by Crippen LogP contribution is 2.35. The number of phenols is 1. The van der Waals surface area contributed by atoms with Gasteiger partial charge in [-0.05, 0) is 30.2 Å². The summed E-state index contributed by atoms with van der Waals surface area (Å²) in [6, 6.07) is 15.7. The summed E-state index contributed by atoms with van der Waals surface area (Å²) in [6.45, 7) is 2.66. The maximum Gasteiger partial charge on any atom is 0.121 e. The van der Waals surface area contributed by atoms with E-state index in [4.69, 9.17) is 4.74 Å². The van der Waals surface area contributed by atoms with Gasteiger partial charge in [-0.15, -0.1) is 0 Å². The van der Waals surface area contributed by atoms with E-state index in [0.717, 1.165) is 5.56 Å². The van der Waals surface area contributed by atoms with E-state index in [1.54, 1.807) is 6.07 Å². The zero-order valence-corrected chi connectivity index (χ0v) is 10.8. The number of benzene rings is 2. The van der Waals surface area contributed by atoms with Crippen LogP contribution >= 0.6 is 0 Å². The first kappa shape index (κ1) is 12.0. The van der Waals surface area contributed by atoms with Crippen molar-refractivity contribution in [3.63, 3.8) is 0 Å². The maximum atomic E-state index is 9.85. The molecule has 2 aromatic rings. The Hall–Kier alpha value is -2.06. The fraction of sp³-hybridized carbons (Fsp3) is 0.176. The van der Waals surface area contributed by atoms with Gasteiger partial charge in [0.2, 0.25) is 0 Å². The molecule has 1 aliphatic rings. The molecule has 96 valence electrons. The third-order valence-electron chi connectivity index (χ3n) is 3.44. The van der Waals surface area contributed by atoms with Crippen molar-refractivity contribution in [3.05, 3.63) is 71.3 Å². The van der Waals surface area contributed by atoms with Gasteiger partial charge >= 0.3 is 0 Å². The summed E-state index contributed by atoms with van der Waals surface area (Å²) < 4.78 is 5.76. The molecule has 0 radical (unpaired) electrons. The Morgan fingerprint density at radius 3 is 2.53 bits per heavy atom. The van der Waals surface area contributed by atoms with Crippen molar-refractivity contribution in [1.82, 2.24) is 0 Å². The largest absolute Gasteiger partial charge is 0.508 e. The van der Waals surface area contributed by atoms with E-state index < -0.39 is 0 Å². The summed E-state index contributed by atoms with van der Waals surface area (Å²) in [6.07, 6.45) is 1.93. The molecule has 0 unspecified atom stereocenters. The topological polar surface area (TPSA) is 29.5 Å². The van der Waals surface area contributed by atoms with Crippen LogP contribution in [-0.4, -0.2) is 11.7 Å². The predicted molar refractivity (Wildman–Crippen MR) is 76.0 cm³/mol. The van der Waals surface area contributed by atoms with Crippen LogP contribution in [0.4, 0.5) is 0 Å². The number of rotatable bonds is 2. The van der Waals surface area contributed by atoms with E-state index in [1.165, 1.54) is 16.7 Å². The van der Waals surface area contributed by atoms with Crippen LogP contribution in [0.2, 0.25) is 0 Å². The first-order chi connectivity index (χ1) is 9.24. The van der Waals surface area contributed by atoms with Crippen molar-refractivity contribution >= 4 is 5.57 Å². The van der Waals surface area contributed by atoms with E-state index in [-0.39, 0.29) is 11.9 Å². The second-order valence-electron chi connectivity index (χ2n) is 4.85. The lowest BCUT2D eigenvalue weighted by atomic mass is 10.0. The minimum atomic E-state index is -0.155. The van der Waals surface area contributed by atoms with Crippen molar-refractivity contribution in [2.75, 3.05) is 6.61 Å². The monoisotopic (exact) mass is 252 g/mol. The van der Waals surface area contributed by atoms with Crippen LogP contribution in [0.5, 0.6) is 5.75 Å². The molecule has 3 rings (SSSR count). The van der Waals surface area contributed by atoms with Crippen LogP contribution in [0.25, 0.3) is 5.57 Å². The van der Waals surface area contributed by atoms with E-state index in [9.17, 15) is 5.11 Å². The summed E-state index contributed by atoms with van der Waals surface area (Å²) in [7, 11) is 0. The van der Waals surface area contributed by atoms with Crippen LogP contribution in [0.1, 0.15) is 22.8 Å². The Kier molecular flexibility index (Phi) is 3.10. The molecule has 0 saturated carbocycles. The zero-order chi connectivity index (χ0) is 13.2. The van der Waals surface area contributed by atoms with Gasteiger partial charge in [-0.3, -0.25) is 0 Å². The lowest BCUT2D eigenvalue weighted by Gasteiger charge is -2.09. The number of ether oxygens (including phenoxy) is 1. The van der Waals surface area contributed by atoms with Gasteiger partial charge < -0.3 is 9.84 Å². The van der Waals surface area contributed by atoms with E-state index >= 15 is 0 Å². The molecule has 2 heteroatoms. The summed E-state index contributed by atoms with van der Waals surface area (Å²) in [5.41, 5.74) is 4.43. The van der Waals surface area contributed by atoms with Crippen LogP contribution < -0.4 is 0 Å². The van der Waals surface area contributed by atoms with Crippen molar-refractivity contribution in [3.8, 4) is 5.75 Å². The van der Waals surface area contributed by atoms with Crippen molar-refractivity contribution < 1.29 is 9.84 Å². The Morgan fingerprint density at radius 1 is 1.05 bits per heavy atom. The Bertz CT molecular complexity index is 611. The third kappa shape index (κ3) is 2.40. The first-order valence-corrected chi connectivity index (χ1v) is 6.41. The molecule has 0 aromatic heterocycles. The summed E-state index contributed by atoms with van der Waals surface area (Å²) in [4.78, 5) is 0. The zero-order valence-electron chi connectivity index (χ0n) is 10.8. The van der Waals surface area contributed by atoms with Crippen LogP contribution in [0.3, 0.4) is 0 Å². The molecule has 1 aliphatic heterocycles. The van der Waals surface area contributed by atoms with Crippen molar-refractivity contribution in [1.29, 1.82) is 0 Å². The molecule has 0 spiro atoms. The highest BCUT2D eigenvalue weighted by atomic mass is 16.5. The van der Waals surface area contributed by atoms with E-state index in [0.29, 0.717) is 6.61 Å². The highest BCUT2D eigenvalue weighted by molar-refractivity contribution is 5.69. The number of aryl methyl sites for hydroxylation is 1. The third-order valence-corrected chi connectivity index (χ3v) is 3.44. The molecule has 1 atom stereocenters. The Labute approximate surface area is 113 Å². The minimum absolute atomic E-state index is 0.155. The predicted octanol–water partition coefficient (Wildman–Crippen LogP) is 3.86. The van der Waals surface area contributed by atoms with Gasteiger partial charge in [-0.2, -0.15) is 0 Å². The highest BCUT2D eigenvalue weighted by Gasteiger charge is 2.21. The molecule has 2 nitrogen and oxygen atoms in total. The second kappa shape index (κ2) is 4.90. The van der Waals surface area contributed by atoms with E-state index in [1.807, 2.05) is 18.2 Å². The molecule has 0 amide bonds. The average molecular weight is 252 g/mol.